The molecule has 7 heteroatoms. The molecule has 1 aliphatic rings. The molecule has 104 valence electrons. The van der Waals surface area contributed by atoms with E-state index >= 15 is 0 Å². The van der Waals surface area contributed by atoms with E-state index in [9.17, 15) is 4.79 Å². The third kappa shape index (κ3) is 2.42. The minimum atomic E-state index is -0.211. The highest BCUT2D eigenvalue weighted by Crippen LogP contribution is 2.31. The molecule has 0 fully saturated rings. The molecule has 20 heavy (non-hydrogen) atoms. The van der Waals surface area contributed by atoms with Gasteiger partial charge in [0, 0.05) is 13.6 Å². The van der Waals surface area contributed by atoms with Gasteiger partial charge in [-0.25, -0.2) is 4.98 Å². The van der Waals surface area contributed by atoms with Crippen molar-refractivity contribution in [2.45, 2.75) is 6.54 Å². The summed E-state index contributed by atoms with van der Waals surface area (Å²) in [6.45, 7) is 1.57. The Kier molecular flexibility index (Phi) is 3.24. The highest BCUT2D eigenvalue weighted by Gasteiger charge is 2.16. The first-order valence-corrected chi connectivity index (χ1v) is 6.23. The summed E-state index contributed by atoms with van der Waals surface area (Å²) in [6.07, 6.45) is 1.31. The Morgan fingerprint density at radius 3 is 2.90 bits per heavy atom. The van der Waals surface area contributed by atoms with E-state index in [1.807, 2.05) is 18.2 Å². The summed E-state index contributed by atoms with van der Waals surface area (Å²) in [5.74, 6) is 1.47. The number of H-pyrrole nitrogens is 1. The van der Waals surface area contributed by atoms with E-state index in [0.29, 0.717) is 25.5 Å². The maximum atomic E-state index is 12.0. The second kappa shape index (κ2) is 5.20. The molecule has 0 spiro atoms. The Morgan fingerprint density at radius 1 is 1.35 bits per heavy atom. The maximum Gasteiger partial charge on any atom is 0.291 e. The summed E-state index contributed by atoms with van der Waals surface area (Å²) in [6, 6.07) is 5.66. The monoisotopic (exact) mass is 274 g/mol. The molecule has 0 atom stereocenters. The van der Waals surface area contributed by atoms with Gasteiger partial charge in [0.05, 0.1) is 0 Å². The van der Waals surface area contributed by atoms with Crippen molar-refractivity contribution in [3.63, 3.8) is 0 Å². The molecule has 0 saturated heterocycles. The van der Waals surface area contributed by atoms with E-state index in [0.717, 1.165) is 11.3 Å². The fourth-order valence-corrected chi connectivity index (χ4v) is 2.02. The van der Waals surface area contributed by atoms with Crippen LogP contribution in [0.1, 0.15) is 16.2 Å². The number of hydrogen-bond donors (Lipinski definition) is 1. The molecule has 0 aliphatic carbocycles. The summed E-state index contributed by atoms with van der Waals surface area (Å²) in [7, 11) is 1.71. The van der Waals surface area contributed by atoms with E-state index in [-0.39, 0.29) is 11.7 Å². The highest BCUT2D eigenvalue weighted by molar-refractivity contribution is 5.90. The van der Waals surface area contributed by atoms with Crippen LogP contribution in [-0.4, -0.2) is 46.2 Å². The number of aromatic nitrogens is 3. The van der Waals surface area contributed by atoms with Gasteiger partial charge >= 0.3 is 0 Å². The Bertz CT molecular complexity index is 612. The highest BCUT2D eigenvalue weighted by atomic mass is 16.6. The number of carbonyl (C=O) groups is 1. The fourth-order valence-electron chi connectivity index (χ4n) is 2.02. The number of hydrogen-bond acceptors (Lipinski definition) is 5. The summed E-state index contributed by atoms with van der Waals surface area (Å²) < 4.78 is 11.0. The molecule has 0 unspecified atom stereocenters. The quantitative estimate of drug-likeness (QED) is 0.897. The van der Waals surface area contributed by atoms with Crippen molar-refractivity contribution in [2.75, 3.05) is 20.3 Å². The van der Waals surface area contributed by atoms with Crippen molar-refractivity contribution >= 4 is 5.91 Å². The van der Waals surface area contributed by atoms with Gasteiger partial charge in [0.15, 0.2) is 11.5 Å². The average Bonchev–Trinajstić information content (AvgIpc) is 3.00. The number of nitrogens with one attached hydrogen (secondary N) is 1. The van der Waals surface area contributed by atoms with Crippen LogP contribution in [0.4, 0.5) is 0 Å². The molecular weight excluding hydrogens is 260 g/mol. The van der Waals surface area contributed by atoms with Crippen LogP contribution in [0.5, 0.6) is 11.5 Å². The molecule has 0 saturated carbocycles. The molecule has 1 N–H and O–H groups in total. The number of rotatable bonds is 3. The Balaban J connectivity index is 1.72. The van der Waals surface area contributed by atoms with Crippen molar-refractivity contribution in [2.24, 2.45) is 0 Å². The normalized spacial score (nSPS) is 13.1. The van der Waals surface area contributed by atoms with Gasteiger partial charge in [-0.1, -0.05) is 6.07 Å². The van der Waals surface area contributed by atoms with E-state index in [2.05, 4.69) is 15.2 Å². The fraction of sp³-hybridized carbons (Fsp3) is 0.308. The zero-order valence-corrected chi connectivity index (χ0v) is 11.0. The lowest BCUT2D eigenvalue weighted by Gasteiger charge is -2.20. The first-order valence-electron chi connectivity index (χ1n) is 6.23. The molecule has 7 nitrogen and oxygen atoms in total. The second-order valence-corrected chi connectivity index (χ2v) is 4.47. The van der Waals surface area contributed by atoms with Crippen LogP contribution in [0.25, 0.3) is 0 Å². The first kappa shape index (κ1) is 12.5. The number of fused-ring (bicyclic) bond motifs is 1. The molecule has 2 aromatic rings. The predicted octanol–water partition coefficient (Wildman–Crippen LogP) is 0.848. The third-order valence-electron chi connectivity index (χ3n) is 2.99. The molecule has 1 aromatic heterocycles. The lowest BCUT2D eigenvalue weighted by molar-refractivity contribution is 0.0773. The van der Waals surface area contributed by atoms with Crippen molar-refractivity contribution in [1.82, 2.24) is 20.1 Å². The summed E-state index contributed by atoms with van der Waals surface area (Å²) >= 11 is 0. The Labute approximate surface area is 115 Å². The minimum Gasteiger partial charge on any atom is -0.486 e. The smallest absolute Gasteiger partial charge is 0.291 e. The number of nitrogens with zero attached hydrogens (tertiary/aromatic N) is 3. The van der Waals surface area contributed by atoms with E-state index in [1.54, 1.807) is 11.9 Å². The summed E-state index contributed by atoms with van der Waals surface area (Å²) in [5.41, 5.74) is 0.963. The Morgan fingerprint density at radius 2 is 2.15 bits per heavy atom. The lowest BCUT2D eigenvalue weighted by atomic mass is 10.2. The van der Waals surface area contributed by atoms with E-state index in [4.69, 9.17) is 9.47 Å². The van der Waals surface area contributed by atoms with Crippen molar-refractivity contribution < 1.29 is 14.3 Å². The number of carbonyl (C=O) groups excluding carboxylic acids is 1. The number of ether oxygens (including phenoxy) is 2. The van der Waals surface area contributed by atoms with Gasteiger partial charge in [0.25, 0.3) is 5.91 Å². The van der Waals surface area contributed by atoms with Gasteiger partial charge in [0.1, 0.15) is 19.5 Å². The van der Waals surface area contributed by atoms with E-state index in [1.165, 1.54) is 6.33 Å². The predicted molar refractivity (Wildman–Crippen MR) is 69.6 cm³/mol. The summed E-state index contributed by atoms with van der Waals surface area (Å²) in [4.78, 5) is 17.4. The molecule has 3 rings (SSSR count). The third-order valence-corrected chi connectivity index (χ3v) is 2.99. The summed E-state index contributed by atoms with van der Waals surface area (Å²) in [5, 5.41) is 6.23. The molecular formula is C13H14N4O3. The second-order valence-electron chi connectivity index (χ2n) is 4.47. The van der Waals surface area contributed by atoms with Crippen LogP contribution in [0.2, 0.25) is 0 Å². The zero-order valence-electron chi connectivity index (χ0n) is 11.0. The van der Waals surface area contributed by atoms with Gasteiger partial charge in [-0.2, -0.15) is 5.10 Å². The van der Waals surface area contributed by atoms with Gasteiger partial charge in [-0.3, -0.25) is 9.89 Å². The first-order chi connectivity index (χ1) is 9.74. The Hall–Kier alpha value is -2.57. The standard InChI is InChI=1S/C13H14N4O3/c1-17(13(18)12-14-8-15-16-12)7-9-2-3-10-11(6-9)20-5-4-19-10/h2-3,6,8H,4-5,7H2,1H3,(H,14,15,16). The van der Waals surface area contributed by atoms with Crippen molar-refractivity contribution in [3.05, 3.63) is 35.9 Å². The topological polar surface area (TPSA) is 80.3 Å². The van der Waals surface area contributed by atoms with Crippen LogP contribution in [0, 0.1) is 0 Å². The van der Waals surface area contributed by atoms with Gasteiger partial charge in [0.2, 0.25) is 5.82 Å². The maximum absolute atomic E-state index is 12.0. The van der Waals surface area contributed by atoms with Crippen LogP contribution in [-0.2, 0) is 6.54 Å². The lowest BCUT2D eigenvalue weighted by Crippen LogP contribution is -2.27. The number of benzene rings is 1. The molecule has 0 bridgehead atoms. The van der Waals surface area contributed by atoms with Gasteiger partial charge in [-0.15, -0.1) is 0 Å². The van der Waals surface area contributed by atoms with E-state index < -0.39 is 0 Å². The van der Waals surface area contributed by atoms with Crippen LogP contribution >= 0.6 is 0 Å². The molecule has 0 radical (unpaired) electrons. The van der Waals surface area contributed by atoms with Crippen molar-refractivity contribution in [3.8, 4) is 11.5 Å². The number of aromatic amines is 1. The zero-order chi connectivity index (χ0) is 13.9. The van der Waals surface area contributed by atoms with Gasteiger partial charge in [-0.05, 0) is 17.7 Å². The average molecular weight is 274 g/mol. The van der Waals surface area contributed by atoms with Gasteiger partial charge < -0.3 is 14.4 Å². The molecule has 1 aliphatic heterocycles. The molecule has 1 aromatic carbocycles. The van der Waals surface area contributed by atoms with Crippen molar-refractivity contribution in [1.29, 1.82) is 0 Å². The van der Waals surface area contributed by atoms with Crippen LogP contribution < -0.4 is 9.47 Å². The largest absolute Gasteiger partial charge is 0.486 e. The number of amides is 1. The minimum absolute atomic E-state index is 0.211. The van der Waals surface area contributed by atoms with Crippen LogP contribution in [0.3, 0.4) is 0 Å². The van der Waals surface area contributed by atoms with Crippen LogP contribution in [0.15, 0.2) is 24.5 Å². The SMILES string of the molecule is CN(Cc1ccc2c(c1)OCCO2)C(=O)c1ncn[nH]1. The molecule has 1 amide bonds. The molecule has 2 heterocycles.